The molecule has 0 spiro atoms. The van der Waals surface area contributed by atoms with E-state index in [9.17, 15) is 0 Å². The molecule has 5 rings (SSSR count). The lowest BCUT2D eigenvalue weighted by molar-refractivity contribution is 0.120. The summed E-state index contributed by atoms with van der Waals surface area (Å²) in [5, 5.41) is 7.81. The lowest BCUT2D eigenvalue weighted by atomic mass is 10.2. The van der Waals surface area contributed by atoms with Crippen LogP contribution in [0, 0.1) is 0 Å². The van der Waals surface area contributed by atoms with Crippen molar-refractivity contribution in [3.63, 3.8) is 0 Å². The molecule has 7 heteroatoms. The molecule has 3 aromatic carbocycles. The molecule has 7 nitrogen and oxygen atoms in total. The van der Waals surface area contributed by atoms with Crippen molar-refractivity contribution in [3.8, 4) is 11.5 Å². The molecular weight excluding hydrogens is 460 g/mol. The summed E-state index contributed by atoms with van der Waals surface area (Å²) < 4.78 is 5.92. The minimum atomic E-state index is 0.773. The summed E-state index contributed by atoms with van der Waals surface area (Å²) in [4.78, 5) is 14.8. The molecule has 0 amide bonds. The van der Waals surface area contributed by atoms with Crippen LogP contribution in [0.3, 0.4) is 0 Å². The lowest BCUT2D eigenvalue weighted by Gasteiger charge is -2.34. The first kappa shape index (κ1) is 25.1. The SMILES string of the molecule is CNCCCNc1nc(CN2CCN(Cc3ccc(Oc4ccccc4)cc3)CC2)nc2ccccc12. The number of rotatable bonds is 11. The monoisotopic (exact) mass is 496 g/mol. The third-order valence-electron chi connectivity index (χ3n) is 6.68. The molecule has 1 aliphatic rings. The molecular formula is C30H36N6O. The smallest absolute Gasteiger partial charge is 0.145 e. The van der Waals surface area contributed by atoms with Crippen LogP contribution in [0.4, 0.5) is 5.82 Å². The molecule has 1 fully saturated rings. The Labute approximate surface area is 219 Å². The molecule has 4 aromatic rings. The van der Waals surface area contributed by atoms with Gasteiger partial charge < -0.3 is 15.4 Å². The van der Waals surface area contributed by atoms with E-state index in [1.165, 1.54) is 5.56 Å². The number of nitrogens with one attached hydrogen (secondary N) is 2. The van der Waals surface area contributed by atoms with Crippen molar-refractivity contribution in [1.29, 1.82) is 0 Å². The standard InChI is InChI=1S/C30H36N6O/c1-31-16-7-17-32-30-27-10-5-6-11-28(27)33-29(34-30)23-36-20-18-35(19-21-36)22-24-12-14-26(15-13-24)37-25-8-3-2-4-9-25/h2-6,8-15,31H,7,16-23H2,1H3,(H,32,33,34). The molecule has 1 aliphatic heterocycles. The van der Waals surface area contributed by atoms with Gasteiger partial charge >= 0.3 is 0 Å². The number of para-hydroxylation sites is 2. The molecule has 0 atom stereocenters. The number of aromatic nitrogens is 2. The van der Waals surface area contributed by atoms with Gasteiger partial charge in [0.05, 0.1) is 12.1 Å². The van der Waals surface area contributed by atoms with E-state index in [-0.39, 0.29) is 0 Å². The van der Waals surface area contributed by atoms with Crippen molar-refractivity contribution < 1.29 is 4.74 Å². The molecule has 37 heavy (non-hydrogen) atoms. The highest BCUT2D eigenvalue weighted by Gasteiger charge is 2.19. The first-order valence-electron chi connectivity index (χ1n) is 13.2. The van der Waals surface area contributed by atoms with Crippen LogP contribution in [-0.2, 0) is 13.1 Å². The van der Waals surface area contributed by atoms with Crippen molar-refractivity contribution in [2.24, 2.45) is 0 Å². The van der Waals surface area contributed by atoms with E-state index >= 15 is 0 Å². The van der Waals surface area contributed by atoms with Crippen LogP contribution in [0.15, 0.2) is 78.9 Å². The number of nitrogens with zero attached hydrogens (tertiary/aromatic N) is 4. The zero-order valence-corrected chi connectivity index (χ0v) is 21.6. The second kappa shape index (κ2) is 12.6. The topological polar surface area (TPSA) is 65.6 Å². The van der Waals surface area contributed by atoms with E-state index in [2.05, 4.69) is 56.8 Å². The average molecular weight is 497 g/mol. The maximum absolute atomic E-state index is 5.92. The number of hydrogen-bond acceptors (Lipinski definition) is 7. The van der Waals surface area contributed by atoms with Gasteiger partial charge in [-0.2, -0.15) is 0 Å². The van der Waals surface area contributed by atoms with Gasteiger partial charge in [-0.05, 0) is 62.0 Å². The first-order valence-corrected chi connectivity index (χ1v) is 13.2. The predicted octanol–water partition coefficient (Wildman–Crippen LogP) is 4.76. The van der Waals surface area contributed by atoms with Gasteiger partial charge in [0.15, 0.2) is 0 Å². The molecule has 1 aromatic heterocycles. The minimum absolute atomic E-state index is 0.773. The van der Waals surface area contributed by atoms with Crippen LogP contribution in [0.1, 0.15) is 17.8 Å². The quantitative estimate of drug-likeness (QED) is 0.290. The number of fused-ring (bicyclic) bond motifs is 1. The highest BCUT2D eigenvalue weighted by atomic mass is 16.5. The van der Waals surface area contributed by atoms with Gasteiger partial charge in [-0.15, -0.1) is 0 Å². The molecule has 0 unspecified atom stereocenters. The van der Waals surface area contributed by atoms with E-state index in [0.29, 0.717) is 0 Å². The predicted molar refractivity (Wildman–Crippen MR) is 150 cm³/mol. The molecule has 192 valence electrons. The Kier molecular flexibility index (Phi) is 8.58. The highest BCUT2D eigenvalue weighted by Crippen LogP contribution is 2.23. The molecule has 0 bridgehead atoms. The van der Waals surface area contributed by atoms with Gasteiger partial charge in [0.1, 0.15) is 23.1 Å². The fourth-order valence-corrected chi connectivity index (χ4v) is 4.65. The minimum Gasteiger partial charge on any atom is -0.457 e. The van der Waals surface area contributed by atoms with Crippen LogP contribution < -0.4 is 15.4 Å². The second-order valence-corrected chi connectivity index (χ2v) is 9.50. The Balaban J connectivity index is 1.14. The summed E-state index contributed by atoms with van der Waals surface area (Å²) in [6.45, 7) is 7.68. The molecule has 2 heterocycles. The van der Waals surface area contributed by atoms with Gasteiger partial charge in [-0.25, -0.2) is 9.97 Å². The highest BCUT2D eigenvalue weighted by molar-refractivity contribution is 5.88. The summed E-state index contributed by atoms with van der Waals surface area (Å²) in [5.41, 5.74) is 2.31. The van der Waals surface area contributed by atoms with Crippen LogP contribution in [0.2, 0.25) is 0 Å². The lowest BCUT2D eigenvalue weighted by Crippen LogP contribution is -2.45. The number of anilines is 1. The largest absolute Gasteiger partial charge is 0.457 e. The van der Waals surface area contributed by atoms with Crippen LogP contribution in [0.25, 0.3) is 10.9 Å². The summed E-state index contributed by atoms with van der Waals surface area (Å²) in [7, 11) is 1.98. The zero-order chi connectivity index (χ0) is 25.3. The van der Waals surface area contributed by atoms with Crippen LogP contribution >= 0.6 is 0 Å². The Hall–Kier alpha value is -3.52. The van der Waals surface area contributed by atoms with Crippen molar-refractivity contribution in [2.45, 2.75) is 19.5 Å². The normalized spacial score (nSPS) is 14.6. The molecule has 1 saturated heterocycles. The Morgan fingerprint density at radius 1 is 0.730 bits per heavy atom. The van der Waals surface area contributed by atoms with Crippen molar-refractivity contribution >= 4 is 16.7 Å². The Bertz CT molecular complexity index is 1260. The third kappa shape index (κ3) is 7.04. The zero-order valence-electron chi connectivity index (χ0n) is 21.6. The van der Waals surface area contributed by atoms with Crippen molar-refractivity contribution in [2.75, 3.05) is 51.6 Å². The van der Waals surface area contributed by atoms with Crippen LogP contribution in [-0.4, -0.2) is 66.1 Å². The number of benzene rings is 3. The number of hydrogen-bond donors (Lipinski definition) is 2. The molecule has 0 saturated carbocycles. The van der Waals surface area contributed by atoms with E-state index < -0.39 is 0 Å². The van der Waals surface area contributed by atoms with Gasteiger partial charge in [-0.3, -0.25) is 9.80 Å². The Morgan fingerprint density at radius 2 is 1.41 bits per heavy atom. The van der Waals surface area contributed by atoms with Gasteiger partial charge in [-0.1, -0.05) is 42.5 Å². The van der Waals surface area contributed by atoms with Crippen LogP contribution in [0.5, 0.6) is 11.5 Å². The summed E-state index contributed by atoms with van der Waals surface area (Å²) in [5.74, 6) is 3.55. The van der Waals surface area contributed by atoms with Gasteiger partial charge in [0.25, 0.3) is 0 Å². The third-order valence-corrected chi connectivity index (χ3v) is 6.68. The van der Waals surface area contributed by atoms with Crippen molar-refractivity contribution in [1.82, 2.24) is 25.1 Å². The second-order valence-electron chi connectivity index (χ2n) is 9.50. The van der Waals surface area contributed by atoms with E-state index in [4.69, 9.17) is 14.7 Å². The van der Waals surface area contributed by atoms with Gasteiger partial charge in [0.2, 0.25) is 0 Å². The number of ether oxygens (including phenoxy) is 1. The molecule has 2 N–H and O–H groups in total. The Morgan fingerprint density at radius 3 is 2.16 bits per heavy atom. The van der Waals surface area contributed by atoms with E-state index in [0.717, 1.165) is 92.8 Å². The first-order chi connectivity index (χ1) is 18.3. The fourth-order valence-electron chi connectivity index (χ4n) is 4.65. The van der Waals surface area contributed by atoms with Crippen molar-refractivity contribution in [3.05, 3.63) is 90.3 Å². The average Bonchev–Trinajstić information content (AvgIpc) is 2.94. The maximum atomic E-state index is 5.92. The summed E-state index contributed by atoms with van der Waals surface area (Å²) >= 11 is 0. The maximum Gasteiger partial charge on any atom is 0.145 e. The number of piperazine rings is 1. The summed E-state index contributed by atoms with van der Waals surface area (Å²) in [6.07, 6.45) is 1.05. The van der Waals surface area contributed by atoms with Gasteiger partial charge in [0, 0.05) is 44.7 Å². The van der Waals surface area contributed by atoms with E-state index in [1.54, 1.807) is 0 Å². The summed E-state index contributed by atoms with van der Waals surface area (Å²) in [6, 6.07) is 26.6. The molecule has 0 aliphatic carbocycles. The molecule has 0 radical (unpaired) electrons. The van der Waals surface area contributed by atoms with E-state index in [1.807, 2.05) is 49.5 Å². The fraction of sp³-hybridized carbons (Fsp3) is 0.333.